The van der Waals surface area contributed by atoms with Gasteiger partial charge in [0.25, 0.3) is 0 Å². The fraction of sp³-hybridized carbons (Fsp3) is 0.385. The van der Waals surface area contributed by atoms with Crippen molar-refractivity contribution in [2.24, 2.45) is 7.05 Å². The number of pyridine rings is 1. The number of rotatable bonds is 7. The van der Waals surface area contributed by atoms with Crippen LogP contribution in [0, 0.1) is 0 Å². The molecule has 1 aliphatic heterocycles. The molecule has 1 aliphatic rings. The highest BCUT2D eigenvalue weighted by molar-refractivity contribution is 7.91. The first-order chi connectivity index (χ1) is 17.6. The minimum Gasteiger partial charge on any atom is -0.301 e. The number of fused-ring (bicyclic) bond motifs is 1. The molecule has 0 aliphatic carbocycles. The lowest BCUT2D eigenvalue weighted by Crippen LogP contribution is -2.40. The Morgan fingerprint density at radius 3 is 2.38 bits per heavy atom. The molecule has 7 nitrogen and oxygen atoms in total. The molecule has 5 rings (SSSR count). The van der Waals surface area contributed by atoms with Crippen LogP contribution in [0.3, 0.4) is 0 Å². The van der Waals surface area contributed by atoms with E-state index >= 15 is 0 Å². The summed E-state index contributed by atoms with van der Waals surface area (Å²) in [7, 11) is -1.05. The maximum Gasteiger partial charge on any atom is 0.393 e. The van der Waals surface area contributed by atoms with Crippen molar-refractivity contribution >= 4 is 20.9 Å². The van der Waals surface area contributed by atoms with Crippen LogP contribution in [0.5, 0.6) is 0 Å². The first-order valence-corrected chi connectivity index (χ1v) is 14.0. The first kappa shape index (κ1) is 25.5. The van der Waals surface area contributed by atoms with Gasteiger partial charge in [-0.05, 0) is 42.6 Å². The van der Waals surface area contributed by atoms with Gasteiger partial charge in [-0.15, -0.1) is 0 Å². The van der Waals surface area contributed by atoms with E-state index in [1.54, 1.807) is 23.0 Å². The molecule has 196 valence electrons. The van der Waals surface area contributed by atoms with Gasteiger partial charge in [0.05, 0.1) is 35.5 Å². The monoisotopic (exact) mass is 531 g/mol. The highest BCUT2D eigenvalue weighted by Gasteiger charge is 2.27. The zero-order chi connectivity index (χ0) is 26.2. The van der Waals surface area contributed by atoms with Gasteiger partial charge in [-0.25, -0.2) is 13.4 Å². The lowest BCUT2D eigenvalue weighted by molar-refractivity contribution is -0.127. The highest BCUT2D eigenvalue weighted by atomic mass is 32.2. The molecule has 0 N–H and O–H groups in total. The second-order valence-corrected chi connectivity index (χ2v) is 11.9. The van der Waals surface area contributed by atoms with E-state index in [4.69, 9.17) is 4.98 Å². The molecule has 0 atom stereocenters. The molecule has 1 fully saturated rings. The van der Waals surface area contributed by atoms with E-state index < -0.39 is 22.4 Å². The van der Waals surface area contributed by atoms with Crippen LogP contribution in [0.2, 0.25) is 0 Å². The third-order valence-corrected chi connectivity index (χ3v) is 8.32. The predicted octanol–water partition coefficient (Wildman–Crippen LogP) is 4.19. The Hall–Kier alpha value is -3.18. The Morgan fingerprint density at radius 1 is 1.00 bits per heavy atom. The minimum absolute atomic E-state index is 0.213. The number of benzene rings is 1. The molecule has 0 unspecified atom stereocenters. The number of aromatic nitrogens is 4. The second kappa shape index (κ2) is 9.94. The number of hydrogen-bond donors (Lipinski definition) is 0. The normalized spacial score (nSPS) is 16.4. The number of sulfone groups is 1. The Kier molecular flexibility index (Phi) is 6.84. The largest absolute Gasteiger partial charge is 0.393 e. The molecule has 4 heterocycles. The summed E-state index contributed by atoms with van der Waals surface area (Å²) in [6, 6.07) is 10.2. The summed E-state index contributed by atoms with van der Waals surface area (Å²) in [5.41, 5.74) is 4.38. The van der Waals surface area contributed by atoms with Crippen LogP contribution < -0.4 is 0 Å². The molecule has 0 spiro atoms. The van der Waals surface area contributed by atoms with Gasteiger partial charge in [-0.3, -0.25) is 9.25 Å². The summed E-state index contributed by atoms with van der Waals surface area (Å²) in [5.74, 6) is 0.439. The van der Waals surface area contributed by atoms with Gasteiger partial charge in [-0.1, -0.05) is 24.3 Å². The van der Waals surface area contributed by atoms with Crippen molar-refractivity contribution in [3.63, 3.8) is 0 Å². The zero-order valence-electron chi connectivity index (χ0n) is 20.4. The van der Waals surface area contributed by atoms with Gasteiger partial charge in [0.1, 0.15) is 5.65 Å². The third-order valence-electron chi connectivity index (χ3n) is 6.72. The van der Waals surface area contributed by atoms with Crippen LogP contribution in [0.4, 0.5) is 13.2 Å². The van der Waals surface area contributed by atoms with Gasteiger partial charge in [0.15, 0.2) is 9.84 Å². The molecule has 4 aromatic rings. The zero-order valence-corrected chi connectivity index (χ0v) is 21.3. The van der Waals surface area contributed by atoms with Crippen molar-refractivity contribution in [3.8, 4) is 16.9 Å². The molecule has 0 radical (unpaired) electrons. The van der Waals surface area contributed by atoms with Gasteiger partial charge >= 0.3 is 6.18 Å². The van der Waals surface area contributed by atoms with Crippen LogP contribution in [0.1, 0.15) is 17.5 Å². The Labute approximate surface area is 213 Å². The molecule has 37 heavy (non-hydrogen) atoms. The molecule has 3 aromatic heterocycles. The lowest BCUT2D eigenvalue weighted by atomic mass is 10.1. The van der Waals surface area contributed by atoms with Crippen molar-refractivity contribution in [3.05, 3.63) is 66.1 Å². The van der Waals surface area contributed by atoms with Crippen molar-refractivity contribution in [1.82, 2.24) is 24.2 Å². The van der Waals surface area contributed by atoms with E-state index in [-0.39, 0.29) is 17.1 Å². The highest BCUT2D eigenvalue weighted by Crippen LogP contribution is 2.29. The van der Waals surface area contributed by atoms with Crippen LogP contribution in [0.25, 0.3) is 28.0 Å². The van der Waals surface area contributed by atoms with E-state index in [0.29, 0.717) is 18.8 Å². The molecule has 0 saturated carbocycles. The van der Waals surface area contributed by atoms with Crippen LogP contribution in [0.15, 0.2) is 55.0 Å². The molecule has 11 heteroatoms. The predicted molar refractivity (Wildman–Crippen MR) is 136 cm³/mol. The average Bonchev–Trinajstić information content (AvgIpc) is 3.43. The Bertz CT molecular complexity index is 1490. The number of aryl methyl sites for hydroxylation is 2. The topological polar surface area (TPSA) is 73.0 Å². The van der Waals surface area contributed by atoms with Crippen molar-refractivity contribution in [1.29, 1.82) is 0 Å². The van der Waals surface area contributed by atoms with Crippen LogP contribution in [-0.2, 0) is 29.7 Å². The van der Waals surface area contributed by atoms with E-state index in [1.807, 2.05) is 29.9 Å². The van der Waals surface area contributed by atoms with Gasteiger partial charge in [0.2, 0.25) is 0 Å². The number of nitrogens with zero attached hydrogens (tertiary/aromatic N) is 5. The van der Waals surface area contributed by atoms with E-state index in [0.717, 1.165) is 47.2 Å². The van der Waals surface area contributed by atoms with Crippen molar-refractivity contribution in [2.45, 2.75) is 25.4 Å². The maximum atomic E-state index is 12.7. The minimum atomic E-state index is -4.24. The maximum absolute atomic E-state index is 12.7. The summed E-state index contributed by atoms with van der Waals surface area (Å²) in [6.45, 7) is 1.98. The van der Waals surface area contributed by atoms with E-state index in [1.165, 1.54) is 12.1 Å². The fourth-order valence-corrected chi connectivity index (χ4v) is 6.03. The molecular weight excluding hydrogens is 503 g/mol. The number of alkyl halides is 3. The van der Waals surface area contributed by atoms with E-state index in [9.17, 15) is 21.6 Å². The standard InChI is InChI=1S/C26H28F3N5O2S/c1-32-18-22(16-30-32)34-17-21(3-2-10-33-11-13-37(35,36)14-12-33)23-8-9-24(31-25(23)34)20-6-4-19(5-7-20)15-26(27,28)29/h4-9,16-18H,2-3,10-15H2,1H3. The van der Waals surface area contributed by atoms with E-state index in [2.05, 4.69) is 16.2 Å². The summed E-state index contributed by atoms with van der Waals surface area (Å²) < 4.78 is 65.3. The number of hydrogen-bond acceptors (Lipinski definition) is 5. The van der Waals surface area contributed by atoms with Gasteiger partial charge in [-0.2, -0.15) is 18.3 Å². The first-order valence-electron chi connectivity index (χ1n) is 12.2. The number of halogens is 3. The summed E-state index contributed by atoms with van der Waals surface area (Å²) in [5, 5.41) is 5.29. The van der Waals surface area contributed by atoms with Crippen molar-refractivity contribution in [2.75, 3.05) is 31.1 Å². The lowest BCUT2D eigenvalue weighted by Gasteiger charge is -2.26. The average molecular weight is 532 g/mol. The summed E-state index contributed by atoms with van der Waals surface area (Å²) >= 11 is 0. The van der Waals surface area contributed by atoms with Gasteiger partial charge < -0.3 is 4.90 Å². The molecule has 0 bridgehead atoms. The fourth-order valence-electron chi connectivity index (χ4n) is 4.75. The van der Waals surface area contributed by atoms with Crippen molar-refractivity contribution < 1.29 is 21.6 Å². The summed E-state index contributed by atoms with van der Waals surface area (Å²) in [4.78, 5) is 7.09. The Balaban J connectivity index is 1.40. The van der Waals surface area contributed by atoms with Crippen LogP contribution in [-0.4, -0.2) is 70.0 Å². The molecular formula is C26H28F3N5O2S. The third kappa shape index (κ3) is 6.04. The van der Waals surface area contributed by atoms with Crippen LogP contribution >= 0.6 is 0 Å². The summed E-state index contributed by atoms with van der Waals surface area (Å²) in [6.07, 6.45) is 2.21. The Morgan fingerprint density at radius 2 is 1.73 bits per heavy atom. The quantitative estimate of drug-likeness (QED) is 0.358. The smallest absolute Gasteiger partial charge is 0.301 e. The van der Waals surface area contributed by atoms with Gasteiger partial charge in [0, 0.05) is 43.5 Å². The molecule has 1 saturated heterocycles. The molecule has 1 aromatic carbocycles. The SMILES string of the molecule is Cn1cc(-n2cc(CCCN3CCS(=O)(=O)CC3)c3ccc(-c4ccc(CC(F)(F)F)cc4)nc32)cn1. The molecule has 0 amide bonds. The second-order valence-electron chi connectivity index (χ2n) is 9.55.